The predicted octanol–water partition coefficient (Wildman–Crippen LogP) is 1.16. The van der Waals surface area contributed by atoms with Gasteiger partial charge >= 0.3 is 5.24 Å². The van der Waals surface area contributed by atoms with Crippen LogP contribution in [0.15, 0.2) is 24.3 Å². The lowest BCUT2D eigenvalue weighted by Gasteiger charge is -2.40. The minimum absolute atomic E-state index is 0.184. The van der Waals surface area contributed by atoms with Gasteiger partial charge < -0.3 is 29.2 Å². The van der Waals surface area contributed by atoms with Gasteiger partial charge in [0.25, 0.3) is 0 Å². The number of hydrogen-bond donors (Lipinski definition) is 2. The molecular formula is C15H20O6S. The largest absolute Gasteiger partial charge is 0.447 e. The first kappa shape index (κ1) is 17.1. The highest BCUT2D eigenvalue weighted by Gasteiger charge is 2.45. The van der Waals surface area contributed by atoms with Gasteiger partial charge in [0.2, 0.25) is 0 Å². The molecule has 2 rings (SSSR count). The fraction of sp³-hybridized carbons (Fsp3) is 0.533. The summed E-state index contributed by atoms with van der Waals surface area (Å²) in [6.45, 7) is 3.61. The van der Waals surface area contributed by atoms with Gasteiger partial charge in [-0.3, -0.25) is 0 Å². The Hall–Kier alpha value is -1.25. The number of methoxy groups -OCH3 is 1. The maximum Gasteiger partial charge on any atom is 0.358 e. The lowest BCUT2D eigenvalue weighted by Crippen LogP contribution is -2.58. The lowest BCUT2D eigenvalue weighted by atomic mass is 10.00. The van der Waals surface area contributed by atoms with Crippen molar-refractivity contribution in [1.29, 1.82) is 0 Å². The second kappa shape index (κ2) is 7.34. The maximum absolute atomic E-state index is 10.1. The Morgan fingerprint density at radius 1 is 1.18 bits per heavy atom. The molecule has 122 valence electrons. The molecule has 0 bridgehead atoms. The SMILES string of the molecule is CO[C@@H]1O[C@@H](C)[C@@H](O)[C@@H](OC(=S)Oc2ccc(C)cc2)[C@@H]1O. The van der Waals surface area contributed by atoms with E-state index >= 15 is 0 Å². The minimum atomic E-state index is -1.18. The van der Waals surface area contributed by atoms with Crippen LogP contribution in [-0.2, 0) is 14.2 Å². The van der Waals surface area contributed by atoms with Gasteiger partial charge in [0, 0.05) is 19.3 Å². The molecule has 0 aromatic heterocycles. The third-order valence-electron chi connectivity index (χ3n) is 3.47. The van der Waals surface area contributed by atoms with Gasteiger partial charge in [0.15, 0.2) is 12.4 Å². The van der Waals surface area contributed by atoms with Gasteiger partial charge in [-0.15, -0.1) is 0 Å². The van der Waals surface area contributed by atoms with Crippen molar-refractivity contribution in [1.82, 2.24) is 0 Å². The third-order valence-corrected chi connectivity index (χ3v) is 3.65. The highest BCUT2D eigenvalue weighted by Crippen LogP contribution is 2.24. The predicted molar refractivity (Wildman–Crippen MR) is 82.6 cm³/mol. The number of rotatable bonds is 3. The maximum atomic E-state index is 10.1. The Bertz CT molecular complexity index is 505. The van der Waals surface area contributed by atoms with Gasteiger partial charge in [-0.05, 0) is 26.0 Å². The summed E-state index contributed by atoms with van der Waals surface area (Å²) in [5.74, 6) is 0.517. The first-order valence-electron chi connectivity index (χ1n) is 6.92. The molecule has 2 N–H and O–H groups in total. The highest BCUT2D eigenvalue weighted by atomic mass is 32.1. The Labute approximate surface area is 134 Å². The molecule has 0 unspecified atom stereocenters. The van der Waals surface area contributed by atoms with Gasteiger partial charge in [-0.25, -0.2) is 0 Å². The quantitative estimate of drug-likeness (QED) is 0.806. The molecule has 1 aromatic carbocycles. The van der Waals surface area contributed by atoms with Crippen molar-refractivity contribution in [2.24, 2.45) is 0 Å². The van der Waals surface area contributed by atoms with Crippen LogP contribution in [0, 0.1) is 6.92 Å². The summed E-state index contributed by atoms with van der Waals surface area (Å²) in [4.78, 5) is 0. The van der Waals surface area contributed by atoms with E-state index in [2.05, 4.69) is 0 Å². The molecule has 0 spiro atoms. The van der Waals surface area contributed by atoms with E-state index in [1.807, 2.05) is 19.1 Å². The molecule has 0 radical (unpaired) electrons. The van der Waals surface area contributed by atoms with Crippen LogP contribution in [-0.4, -0.2) is 53.3 Å². The molecule has 1 aliphatic rings. The topological polar surface area (TPSA) is 77.4 Å². The number of benzene rings is 1. The molecule has 1 fully saturated rings. The van der Waals surface area contributed by atoms with E-state index in [9.17, 15) is 10.2 Å². The summed E-state index contributed by atoms with van der Waals surface area (Å²) in [6.07, 6.45) is -4.70. The van der Waals surface area contributed by atoms with Crippen LogP contribution in [0.3, 0.4) is 0 Å². The standard InChI is InChI=1S/C15H20O6S/c1-8-4-6-10(7-5-8)20-15(22)21-13-11(16)9(2)19-14(18-3)12(13)17/h4-7,9,11-14,16-17H,1-3H3/t9-,11+,12-,13+,14+/m0/s1. The van der Waals surface area contributed by atoms with Crippen molar-refractivity contribution in [2.75, 3.05) is 7.11 Å². The third kappa shape index (κ3) is 3.93. The van der Waals surface area contributed by atoms with Crippen molar-refractivity contribution < 1.29 is 29.2 Å². The summed E-state index contributed by atoms with van der Waals surface area (Å²) in [5, 5.41) is 20.0. The van der Waals surface area contributed by atoms with Crippen molar-refractivity contribution in [3.8, 4) is 5.75 Å². The minimum Gasteiger partial charge on any atom is -0.447 e. The van der Waals surface area contributed by atoms with Gasteiger partial charge in [0.1, 0.15) is 18.0 Å². The monoisotopic (exact) mass is 328 g/mol. The van der Waals surface area contributed by atoms with Crippen molar-refractivity contribution in [2.45, 2.75) is 44.6 Å². The van der Waals surface area contributed by atoms with Crippen LogP contribution < -0.4 is 4.74 Å². The van der Waals surface area contributed by atoms with Crippen LogP contribution in [0.25, 0.3) is 0 Å². The number of hydrogen-bond acceptors (Lipinski definition) is 7. The van der Waals surface area contributed by atoms with E-state index < -0.39 is 30.7 Å². The smallest absolute Gasteiger partial charge is 0.358 e. The molecule has 1 aliphatic heterocycles. The Balaban J connectivity index is 2.00. The molecule has 22 heavy (non-hydrogen) atoms. The van der Waals surface area contributed by atoms with Gasteiger partial charge in [-0.1, -0.05) is 17.7 Å². The van der Waals surface area contributed by atoms with Crippen LogP contribution in [0.1, 0.15) is 12.5 Å². The summed E-state index contributed by atoms with van der Waals surface area (Å²) in [5.41, 5.74) is 1.09. The molecule has 1 saturated heterocycles. The zero-order valence-corrected chi connectivity index (χ0v) is 13.4. The lowest BCUT2D eigenvalue weighted by molar-refractivity contribution is -0.284. The fourth-order valence-electron chi connectivity index (χ4n) is 2.17. The Morgan fingerprint density at radius 3 is 2.41 bits per heavy atom. The summed E-state index contributed by atoms with van der Waals surface area (Å²) in [6, 6.07) is 7.25. The molecule has 7 heteroatoms. The number of aliphatic hydroxyl groups excluding tert-OH is 2. The molecule has 0 saturated carbocycles. The molecular weight excluding hydrogens is 308 g/mol. The van der Waals surface area contributed by atoms with E-state index in [-0.39, 0.29) is 5.24 Å². The van der Waals surface area contributed by atoms with Crippen molar-refractivity contribution in [3.63, 3.8) is 0 Å². The highest BCUT2D eigenvalue weighted by molar-refractivity contribution is 7.79. The van der Waals surface area contributed by atoms with E-state index in [1.165, 1.54) is 7.11 Å². The van der Waals surface area contributed by atoms with E-state index in [0.717, 1.165) is 5.56 Å². The molecule has 6 nitrogen and oxygen atoms in total. The number of aryl methyl sites for hydroxylation is 1. The zero-order chi connectivity index (χ0) is 16.3. The zero-order valence-electron chi connectivity index (χ0n) is 12.6. The molecule has 5 atom stereocenters. The second-order valence-electron chi connectivity index (χ2n) is 5.17. The van der Waals surface area contributed by atoms with Crippen LogP contribution in [0.4, 0.5) is 0 Å². The fourth-order valence-corrected chi connectivity index (χ4v) is 2.38. The van der Waals surface area contributed by atoms with Gasteiger partial charge in [0.05, 0.1) is 6.10 Å². The van der Waals surface area contributed by atoms with Crippen molar-refractivity contribution >= 4 is 17.5 Å². The number of aliphatic hydroxyl groups is 2. The Morgan fingerprint density at radius 2 is 1.82 bits per heavy atom. The Kier molecular flexibility index (Phi) is 5.71. The van der Waals surface area contributed by atoms with Crippen molar-refractivity contribution in [3.05, 3.63) is 29.8 Å². The van der Waals surface area contributed by atoms with Crippen LogP contribution in [0.5, 0.6) is 5.75 Å². The number of thiocarbonyl (C=S) groups is 1. The summed E-state index contributed by atoms with van der Waals surface area (Å²) < 4.78 is 21.1. The second-order valence-corrected chi connectivity index (χ2v) is 5.51. The molecule has 1 aromatic rings. The van der Waals surface area contributed by atoms with E-state index in [4.69, 9.17) is 31.2 Å². The van der Waals surface area contributed by atoms with Crippen LogP contribution in [0.2, 0.25) is 0 Å². The van der Waals surface area contributed by atoms with Crippen LogP contribution >= 0.6 is 12.2 Å². The molecule has 0 aliphatic carbocycles. The summed E-state index contributed by atoms with van der Waals surface area (Å²) >= 11 is 5.02. The number of ether oxygens (including phenoxy) is 4. The summed E-state index contributed by atoms with van der Waals surface area (Å²) in [7, 11) is 1.40. The normalized spacial score (nSPS) is 31.6. The molecule has 0 amide bonds. The first-order chi connectivity index (χ1) is 10.4. The van der Waals surface area contributed by atoms with Gasteiger partial charge in [-0.2, -0.15) is 0 Å². The average Bonchev–Trinajstić information content (AvgIpc) is 2.49. The first-order valence-corrected chi connectivity index (χ1v) is 7.32. The average molecular weight is 328 g/mol. The molecule has 1 heterocycles. The van der Waals surface area contributed by atoms with E-state index in [1.54, 1.807) is 19.1 Å². The van der Waals surface area contributed by atoms with E-state index in [0.29, 0.717) is 5.75 Å².